The molecule has 1 heterocycles. The zero-order valence-electron chi connectivity index (χ0n) is 12.2. The van der Waals surface area contributed by atoms with Gasteiger partial charge < -0.3 is 20.8 Å². The molecule has 0 aromatic carbocycles. The number of aromatic nitrogens is 2. The lowest BCUT2D eigenvalue weighted by molar-refractivity contribution is -0.125. The van der Waals surface area contributed by atoms with Crippen LogP contribution in [0.25, 0.3) is 0 Å². The second kappa shape index (κ2) is 5.56. The Hall–Kier alpha value is -1.63. The molecule has 0 bridgehead atoms. The van der Waals surface area contributed by atoms with Gasteiger partial charge in [0.25, 0.3) is 0 Å². The van der Waals surface area contributed by atoms with Gasteiger partial charge in [-0.15, -0.1) is 5.10 Å². The van der Waals surface area contributed by atoms with E-state index in [9.17, 15) is 4.79 Å². The van der Waals surface area contributed by atoms with Gasteiger partial charge in [0.1, 0.15) is 0 Å². The van der Waals surface area contributed by atoms with Crippen molar-refractivity contribution in [3.05, 3.63) is 5.89 Å². The number of amides is 1. The molecule has 4 N–H and O–H groups in total. The SMILES string of the molecule is CC(C)(C)NCc1nnc(NCC(C)(C)C(N)=O)o1. The van der Waals surface area contributed by atoms with Gasteiger partial charge in [0.05, 0.1) is 12.0 Å². The summed E-state index contributed by atoms with van der Waals surface area (Å²) in [6.07, 6.45) is 0. The maximum atomic E-state index is 11.2. The molecule has 1 aromatic heterocycles. The minimum Gasteiger partial charge on any atom is -0.407 e. The first kappa shape index (κ1) is 15.4. The molecule has 0 aliphatic carbocycles. The molecule has 1 rings (SSSR count). The molecule has 0 atom stereocenters. The highest BCUT2D eigenvalue weighted by Crippen LogP contribution is 2.15. The average Bonchev–Trinajstić information content (AvgIpc) is 2.70. The number of anilines is 1. The predicted molar refractivity (Wildman–Crippen MR) is 72.4 cm³/mol. The van der Waals surface area contributed by atoms with E-state index in [-0.39, 0.29) is 11.4 Å². The van der Waals surface area contributed by atoms with Crippen molar-refractivity contribution < 1.29 is 9.21 Å². The molecular weight excluding hydrogens is 246 g/mol. The van der Waals surface area contributed by atoms with E-state index >= 15 is 0 Å². The Morgan fingerprint density at radius 1 is 1.26 bits per heavy atom. The fraction of sp³-hybridized carbons (Fsp3) is 0.750. The topological polar surface area (TPSA) is 106 Å². The van der Waals surface area contributed by atoms with Crippen molar-refractivity contribution in [2.24, 2.45) is 11.1 Å². The molecule has 0 radical (unpaired) electrons. The van der Waals surface area contributed by atoms with Crippen LogP contribution in [0.4, 0.5) is 6.01 Å². The van der Waals surface area contributed by atoms with Gasteiger partial charge in [-0.1, -0.05) is 5.10 Å². The first-order valence-corrected chi connectivity index (χ1v) is 6.21. The summed E-state index contributed by atoms with van der Waals surface area (Å²) in [4.78, 5) is 11.2. The second-order valence-corrected chi connectivity index (χ2v) is 6.21. The normalized spacial score (nSPS) is 12.5. The first-order chi connectivity index (χ1) is 8.60. The van der Waals surface area contributed by atoms with Crippen molar-refractivity contribution in [1.29, 1.82) is 0 Å². The standard InChI is InChI=1S/C12H23N5O2/c1-11(2,3)15-6-8-16-17-10(19-8)14-7-12(4,5)9(13)18/h15H,6-7H2,1-5H3,(H2,13,18)(H,14,17). The van der Waals surface area contributed by atoms with E-state index in [0.29, 0.717) is 25.0 Å². The van der Waals surface area contributed by atoms with Crippen molar-refractivity contribution in [2.45, 2.75) is 46.7 Å². The number of nitrogens with one attached hydrogen (secondary N) is 2. The number of carbonyl (C=O) groups is 1. The minimum absolute atomic E-state index is 0.0178. The molecular formula is C12H23N5O2. The summed E-state index contributed by atoms with van der Waals surface area (Å²) < 4.78 is 5.41. The zero-order chi connectivity index (χ0) is 14.7. The van der Waals surface area contributed by atoms with Crippen LogP contribution in [0.1, 0.15) is 40.5 Å². The van der Waals surface area contributed by atoms with Gasteiger partial charge in [-0.05, 0) is 34.6 Å². The largest absolute Gasteiger partial charge is 0.407 e. The molecule has 0 saturated heterocycles. The summed E-state index contributed by atoms with van der Waals surface area (Å²) in [6.45, 7) is 10.5. The Morgan fingerprint density at radius 2 is 1.89 bits per heavy atom. The van der Waals surface area contributed by atoms with Crippen molar-refractivity contribution in [3.8, 4) is 0 Å². The van der Waals surface area contributed by atoms with E-state index in [2.05, 4.69) is 41.6 Å². The highest BCUT2D eigenvalue weighted by molar-refractivity contribution is 5.80. The molecule has 108 valence electrons. The Balaban J connectivity index is 2.50. The van der Waals surface area contributed by atoms with Crippen molar-refractivity contribution in [2.75, 3.05) is 11.9 Å². The van der Waals surface area contributed by atoms with Crippen LogP contribution in [0.2, 0.25) is 0 Å². The average molecular weight is 269 g/mol. The van der Waals surface area contributed by atoms with E-state index in [1.165, 1.54) is 0 Å². The van der Waals surface area contributed by atoms with Crippen molar-refractivity contribution >= 4 is 11.9 Å². The smallest absolute Gasteiger partial charge is 0.315 e. The summed E-state index contributed by atoms with van der Waals surface area (Å²) in [7, 11) is 0. The second-order valence-electron chi connectivity index (χ2n) is 6.21. The first-order valence-electron chi connectivity index (χ1n) is 6.21. The maximum absolute atomic E-state index is 11.2. The highest BCUT2D eigenvalue weighted by Gasteiger charge is 2.25. The Labute approximate surface area is 113 Å². The lowest BCUT2D eigenvalue weighted by atomic mass is 9.93. The molecule has 19 heavy (non-hydrogen) atoms. The van der Waals surface area contributed by atoms with Crippen molar-refractivity contribution in [3.63, 3.8) is 0 Å². The monoisotopic (exact) mass is 269 g/mol. The number of primary amides is 1. The molecule has 7 nitrogen and oxygen atoms in total. The number of hydrogen-bond acceptors (Lipinski definition) is 6. The lowest BCUT2D eigenvalue weighted by Gasteiger charge is -2.19. The number of nitrogens with two attached hydrogens (primary N) is 1. The molecule has 0 aliphatic heterocycles. The zero-order valence-corrected chi connectivity index (χ0v) is 12.2. The third-order valence-electron chi connectivity index (χ3n) is 2.59. The number of nitrogens with zero attached hydrogens (tertiary/aromatic N) is 2. The Kier molecular flexibility index (Phi) is 4.52. The summed E-state index contributed by atoms with van der Waals surface area (Å²) in [5.41, 5.74) is 4.59. The summed E-state index contributed by atoms with van der Waals surface area (Å²) in [6, 6.07) is 0.292. The van der Waals surface area contributed by atoms with E-state index in [0.717, 1.165) is 0 Å². The number of rotatable bonds is 6. The molecule has 0 unspecified atom stereocenters. The third kappa shape index (κ3) is 5.25. The van der Waals surface area contributed by atoms with Gasteiger partial charge in [-0.25, -0.2) is 0 Å². The fourth-order valence-electron chi connectivity index (χ4n) is 1.12. The van der Waals surface area contributed by atoms with Crippen LogP contribution in [0, 0.1) is 5.41 Å². The van der Waals surface area contributed by atoms with Crippen LogP contribution < -0.4 is 16.4 Å². The number of hydrogen-bond donors (Lipinski definition) is 3. The minimum atomic E-state index is -0.668. The van der Waals surface area contributed by atoms with Crippen LogP contribution in [0.5, 0.6) is 0 Å². The Morgan fingerprint density at radius 3 is 2.42 bits per heavy atom. The van der Waals surface area contributed by atoms with E-state index in [1.54, 1.807) is 13.8 Å². The number of carbonyl (C=O) groups excluding carboxylic acids is 1. The molecule has 0 fully saturated rings. The fourth-order valence-corrected chi connectivity index (χ4v) is 1.12. The van der Waals surface area contributed by atoms with Crippen LogP contribution in [-0.4, -0.2) is 28.2 Å². The van der Waals surface area contributed by atoms with E-state index < -0.39 is 5.41 Å². The van der Waals surface area contributed by atoms with Gasteiger partial charge in [-0.3, -0.25) is 4.79 Å². The molecule has 0 saturated carbocycles. The molecule has 0 spiro atoms. The van der Waals surface area contributed by atoms with Gasteiger partial charge in [0, 0.05) is 12.1 Å². The van der Waals surface area contributed by atoms with Gasteiger partial charge in [0.15, 0.2) is 0 Å². The highest BCUT2D eigenvalue weighted by atomic mass is 16.4. The molecule has 7 heteroatoms. The lowest BCUT2D eigenvalue weighted by Crippen LogP contribution is -2.37. The van der Waals surface area contributed by atoms with Gasteiger partial charge in [-0.2, -0.15) is 0 Å². The van der Waals surface area contributed by atoms with Crippen LogP contribution in [0.3, 0.4) is 0 Å². The van der Waals surface area contributed by atoms with Crippen LogP contribution in [-0.2, 0) is 11.3 Å². The van der Waals surface area contributed by atoms with Crippen LogP contribution >= 0.6 is 0 Å². The van der Waals surface area contributed by atoms with Gasteiger partial charge in [0.2, 0.25) is 11.8 Å². The van der Waals surface area contributed by atoms with E-state index in [1.807, 2.05) is 0 Å². The van der Waals surface area contributed by atoms with E-state index in [4.69, 9.17) is 10.2 Å². The third-order valence-corrected chi connectivity index (χ3v) is 2.59. The van der Waals surface area contributed by atoms with Crippen LogP contribution in [0.15, 0.2) is 4.42 Å². The predicted octanol–water partition coefficient (Wildman–Crippen LogP) is 0.881. The maximum Gasteiger partial charge on any atom is 0.315 e. The molecule has 0 aliphatic rings. The summed E-state index contributed by atoms with van der Waals surface area (Å²) >= 11 is 0. The van der Waals surface area contributed by atoms with Crippen molar-refractivity contribution in [1.82, 2.24) is 15.5 Å². The van der Waals surface area contributed by atoms with Gasteiger partial charge >= 0.3 is 6.01 Å². The molecule has 1 amide bonds. The quantitative estimate of drug-likeness (QED) is 0.708. The summed E-state index contributed by atoms with van der Waals surface area (Å²) in [5, 5.41) is 13.9. The summed E-state index contributed by atoms with van der Waals surface area (Å²) in [5.74, 6) is 0.114. The Bertz CT molecular complexity index is 434. The molecule has 1 aromatic rings.